The maximum Gasteiger partial charge on any atom is 0.317 e. The fraction of sp³-hybridized carbons (Fsp3) is 0.867. The molecule has 5 nitrogen and oxygen atoms in total. The third kappa shape index (κ3) is 5.80. The van der Waals surface area contributed by atoms with Crippen LogP contribution in [0.5, 0.6) is 0 Å². The standard InChI is InChI=1S/C15H28N2O3/c1-3-5-13-6-8-17(9-7-13)15(20)16-11-12(4-2)10-14(18)19/h12-13H,3-11H2,1-2H3,(H,16,20)(H,18,19). The number of likely N-dealkylation sites (tertiary alicyclic amines) is 1. The Labute approximate surface area is 121 Å². The highest BCUT2D eigenvalue weighted by atomic mass is 16.4. The van der Waals surface area contributed by atoms with Gasteiger partial charge in [-0.2, -0.15) is 0 Å². The fourth-order valence-corrected chi connectivity index (χ4v) is 2.78. The molecule has 0 aromatic rings. The van der Waals surface area contributed by atoms with Crippen molar-refractivity contribution < 1.29 is 14.7 Å². The van der Waals surface area contributed by atoms with Crippen molar-refractivity contribution in [3.05, 3.63) is 0 Å². The van der Waals surface area contributed by atoms with Gasteiger partial charge in [-0.05, 0) is 24.7 Å². The lowest BCUT2D eigenvalue weighted by Crippen LogP contribution is -2.45. The molecule has 0 spiro atoms. The molecule has 1 aliphatic heterocycles. The molecule has 20 heavy (non-hydrogen) atoms. The maximum atomic E-state index is 12.0. The van der Waals surface area contributed by atoms with Gasteiger partial charge in [0.1, 0.15) is 0 Å². The molecule has 1 unspecified atom stereocenters. The minimum absolute atomic E-state index is 0.0223. The van der Waals surface area contributed by atoms with E-state index in [-0.39, 0.29) is 18.4 Å². The number of hydrogen-bond acceptors (Lipinski definition) is 2. The molecule has 0 aromatic carbocycles. The Bertz CT molecular complexity index is 312. The molecule has 116 valence electrons. The van der Waals surface area contributed by atoms with Crippen LogP contribution in [0.4, 0.5) is 4.79 Å². The largest absolute Gasteiger partial charge is 0.481 e. The Morgan fingerprint density at radius 1 is 1.30 bits per heavy atom. The highest BCUT2D eigenvalue weighted by molar-refractivity contribution is 5.74. The molecule has 0 aromatic heterocycles. The summed E-state index contributed by atoms with van der Waals surface area (Å²) >= 11 is 0. The number of piperidine rings is 1. The van der Waals surface area contributed by atoms with Gasteiger partial charge in [0.2, 0.25) is 0 Å². The fourth-order valence-electron chi connectivity index (χ4n) is 2.78. The Morgan fingerprint density at radius 3 is 2.45 bits per heavy atom. The van der Waals surface area contributed by atoms with Gasteiger partial charge in [0.15, 0.2) is 0 Å². The molecule has 1 aliphatic rings. The van der Waals surface area contributed by atoms with Gasteiger partial charge >= 0.3 is 12.0 Å². The molecule has 1 atom stereocenters. The summed E-state index contributed by atoms with van der Waals surface area (Å²) < 4.78 is 0. The molecule has 1 saturated heterocycles. The van der Waals surface area contributed by atoms with Gasteiger partial charge in [0.25, 0.3) is 0 Å². The van der Waals surface area contributed by atoms with Gasteiger partial charge in [-0.25, -0.2) is 4.79 Å². The Morgan fingerprint density at radius 2 is 1.95 bits per heavy atom. The topological polar surface area (TPSA) is 69.6 Å². The van der Waals surface area contributed by atoms with Crippen LogP contribution in [-0.2, 0) is 4.79 Å². The number of nitrogens with one attached hydrogen (secondary N) is 1. The number of carboxylic acid groups (broad SMARTS) is 1. The van der Waals surface area contributed by atoms with E-state index in [2.05, 4.69) is 12.2 Å². The van der Waals surface area contributed by atoms with Crippen LogP contribution in [0, 0.1) is 11.8 Å². The number of carboxylic acids is 1. The summed E-state index contributed by atoms with van der Waals surface area (Å²) in [5.41, 5.74) is 0. The number of carbonyl (C=O) groups excluding carboxylic acids is 1. The van der Waals surface area contributed by atoms with Crippen LogP contribution in [0.15, 0.2) is 0 Å². The highest BCUT2D eigenvalue weighted by Crippen LogP contribution is 2.21. The Balaban J connectivity index is 2.27. The number of aliphatic carboxylic acids is 1. The van der Waals surface area contributed by atoms with Crippen molar-refractivity contribution in [1.82, 2.24) is 10.2 Å². The van der Waals surface area contributed by atoms with Gasteiger partial charge in [-0.3, -0.25) is 4.79 Å². The first kappa shape index (κ1) is 16.8. The van der Waals surface area contributed by atoms with E-state index in [1.54, 1.807) is 0 Å². The van der Waals surface area contributed by atoms with Gasteiger partial charge < -0.3 is 15.3 Å². The van der Waals surface area contributed by atoms with E-state index in [9.17, 15) is 9.59 Å². The molecule has 0 bridgehead atoms. The second-order valence-corrected chi connectivity index (χ2v) is 5.78. The van der Waals surface area contributed by atoms with Crippen molar-refractivity contribution in [2.45, 2.75) is 52.4 Å². The predicted molar refractivity (Wildman–Crippen MR) is 78.6 cm³/mol. The van der Waals surface area contributed by atoms with E-state index in [1.807, 2.05) is 11.8 Å². The molecule has 0 radical (unpaired) electrons. The van der Waals surface area contributed by atoms with Crippen LogP contribution >= 0.6 is 0 Å². The minimum atomic E-state index is -0.800. The molecule has 1 fully saturated rings. The summed E-state index contributed by atoms with van der Waals surface area (Å²) in [5, 5.41) is 11.7. The molecule has 0 saturated carbocycles. The monoisotopic (exact) mass is 284 g/mol. The van der Waals surface area contributed by atoms with Gasteiger partial charge in [-0.15, -0.1) is 0 Å². The van der Waals surface area contributed by atoms with Gasteiger partial charge in [0.05, 0.1) is 0 Å². The molecule has 0 aliphatic carbocycles. The van der Waals surface area contributed by atoms with Crippen LogP contribution in [0.25, 0.3) is 0 Å². The number of urea groups is 1. The molecular formula is C15H28N2O3. The molecule has 2 N–H and O–H groups in total. The molecular weight excluding hydrogens is 256 g/mol. The molecule has 2 amide bonds. The van der Waals surface area contributed by atoms with Crippen molar-refractivity contribution in [2.75, 3.05) is 19.6 Å². The number of rotatable bonds is 7. The second-order valence-electron chi connectivity index (χ2n) is 5.78. The number of nitrogens with zero attached hydrogens (tertiary/aromatic N) is 1. The van der Waals surface area contributed by atoms with E-state index >= 15 is 0 Å². The minimum Gasteiger partial charge on any atom is -0.481 e. The van der Waals surface area contributed by atoms with Crippen LogP contribution in [0.3, 0.4) is 0 Å². The summed E-state index contributed by atoms with van der Waals surface area (Å²) in [4.78, 5) is 24.6. The summed E-state index contributed by atoms with van der Waals surface area (Å²) in [6.45, 7) is 6.26. The van der Waals surface area contributed by atoms with Crippen molar-refractivity contribution in [3.63, 3.8) is 0 Å². The van der Waals surface area contributed by atoms with E-state index < -0.39 is 5.97 Å². The average molecular weight is 284 g/mol. The first-order valence-corrected chi connectivity index (χ1v) is 7.81. The van der Waals surface area contributed by atoms with E-state index in [4.69, 9.17) is 5.11 Å². The molecule has 1 rings (SSSR count). The zero-order valence-corrected chi connectivity index (χ0v) is 12.7. The van der Waals surface area contributed by atoms with E-state index in [1.165, 1.54) is 12.8 Å². The van der Waals surface area contributed by atoms with Crippen LogP contribution in [0.1, 0.15) is 52.4 Å². The quantitative estimate of drug-likeness (QED) is 0.755. The van der Waals surface area contributed by atoms with Gasteiger partial charge in [0, 0.05) is 26.1 Å². The number of hydrogen-bond donors (Lipinski definition) is 2. The number of amides is 2. The van der Waals surface area contributed by atoms with Crippen LogP contribution < -0.4 is 5.32 Å². The van der Waals surface area contributed by atoms with Crippen LogP contribution in [-0.4, -0.2) is 41.6 Å². The van der Waals surface area contributed by atoms with Crippen molar-refractivity contribution in [3.8, 4) is 0 Å². The lowest BCUT2D eigenvalue weighted by Gasteiger charge is -2.32. The molecule has 1 heterocycles. The van der Waals surface area contributed by atoms with Crippen molar-refractivity contribution in [1.29, 1.82) is 0 Å². The van der Waals surface area contributed by atoms with E-state index in [0.717, 1.165) is 38.3 Å². The van der Waals surface area contributed by atoms with Gasteiger partial charge in [-0.1, -0.05) is 33.1 Å². The zero-order chi connectivity index (χ0) is 15.0. The third-order valence-electron chi connectivity index (χ3n) is 4.18. The summed E-state index contributed by atoms with van der Waals surface area (Å²) in [7, 11) is 0. The second kappa shape index (κ2) is 8.82. The number of carbonyl (C=O) groups is 2. The lowest BCUT2D eigenvalue weighted by molar-refractivity contribution is -0.138. The summed E-state index contributed by atoms with van der Waals surface area (Å²) in [5.74, 6) is -0.0139. The first-order valence-electron chi connectivity index (χ1n) is 7.81. The summed E-state index contributed by atoms with van der Waals surface area (Å²) in [6.07, 6.45) is 5.54. The normalized spacial score (nSPS) is 17.8. The van der Waals surface area contributed by atoms with Crippen molar-refractivity contribution >= 4 is 12.0 Å². The lowest BCUT2D eigenvalue weighted by atomic mass is 9.93. The predicted octanol–water partition coefficient (Wildman–Crippen LogP) is 2.71. The summed E-state index contributed by atoms with van der Waals surface area (Å²) in [6, 6.07) is -0.0382. The SMILES string of the molecule is CCCC1CCN(C(=O)NCC(CC)CC(=O)O)CC1. The average Bonchev–Trinajstić information content (AvgIpc) is 2.44. The first-order chi connectivity index (χ1) is 9.56. The maximum absolute atomic E-state index is 12.0. The Hall–Kier alpha value is -1.26. The van der Waals surface area contributed by atoms with E-state index in [0.29, 0.717) is 6.54 Å². The third-order valence-corrected chi connectivity index (χ3v) is 4.18. The van der Waals surface area contributed by atoms with Crippen molar-refractivity contribution in [2.24, 2.45) is 11.8 Å². The van der Waals surface area contributed by atoms with Crippen LogP contribution in [0.2, 0.25) is 0 Å². The molecule has 5 heteroatoms. The Kier molecular flexibility index (Phi) is 7.41. The highest BCUT2D eigenvalue weighted by Gasteiger charge is 2.22. The smallest absolute Gasteiger partial charge is 0.317 e. The zero-order valence-electron chi connectivity index (χ0n) is 12.7.